The van der Waals surface area contributed by atoms with Crippen LogP contribution in [0.4, 0.5) is 5.69 Å². The number of anilines is 1. The monoisotopic (exact) mass is 287 g/mol. The molecule has 21 heavy (non-hydrogen) atoms. The van der Waals surface area contributed by atoms with E-state index in [0.717, 1.165) is 24.9 Å². The minimum atomic E-state index is -0.501. The summed E-state index contributed by atoms with van der Waals surface area (Å²) in [6, 6.07) is 7.92. The van der Waals surface area contributed by atoms with Crippen LogP contribution in [0.25, 0.3) is 0 Å². The fraction of sp³-hybridized carbons (Fsp3) is 0.500. The summed E-state index contributed by atoms with van der Waals surface area (Å²) in [5.41, 5.74) is 7.07. The number of methoxy groups -OCH3 is 1. The van der Waals surface area contributed by atoms with E-state index in [1.807, 2.05) is 38.1 Å². The first kappa shape index (κ1) is 14.1. The van der Waals surface area contributed by atoms with E-state index in [1.54, 1.807) is 7.11 Å². The maximum atomic E-state index is 5.76. The number of rotatable bonds is 5. The third kappa shape index (κ3) is 2.21. The van der Waals surface area contributed by atoms with E-state index in [0.29, 0.717) is 11.7 Å². The Morgan fingerprint density at radius 1 is 1.33 bits per heavy atom. The van der Waals surface area contributed by atoms with Gasteiger partial charge in [0.2, 0.25) is 11.7 Å². The van der Waals surface area contributed by atoms with Crippen LogP contribution in [-0.4, -0.2) is 17.3 Å². The van der Waals surface area contributed by atoms with Crippen molar-refractivity contribution < 1.29 is 9.26 Å². The Kier molecular flexibility index (Phi) is 3.24. The van der Waals surface area contributed by atoms with Gasteiger partial charge < -0.3 is 15.0 Å². The highest BCUT2D eigenvalue weighted by molar-refractivity contribution is 5.46. The quantitative estimate of drug-likeness (QED) is 0.856. The molecule has 0 amide bonds. The zero-order valence-corrected chi connectivity index (χ0v) is 12.7. The molecule has 1 aliphatic carbocycles. The van der Waals surface area contributed by atoms with Crippen LogP contribution >= 0.6 is 0 Å². The number of nitrogen functional groups attached to an aromatic ring is 1. The fourth-order valence-electron chi connectivity index (χ4n) is 2.58. The summed E-state index contributed by atoms with van der Waals surface area (Å²) in [4.78, 5) is 4.62. The van der Waals surface area contributed by atoms with Gasteiger partial charge in [-0.1, -0.05) is 24.2 Å². The molecule has 1 heterocycles. The summed E-state index contributed by atoms with van der Waals surface area (Å²) in [7, 11) is 1.67. The van der Waals surface area contributed by atoms with E-state index in [9.17, 15) is 0 Å². The lowest BCUT2D eigenvalue weighted by Crippen LogP contribution is -2.25. The molecule has 0 radical (unpaired) electrons. The highest BCUT2D eigenvalue weighted by atomic mass is 16.5. The lowest BCUT2D eigenvalue weighted by molar-refractivity contribution is -0.0106. The molecule has 112 valence electrons. The van der Waals surface area contributed by atoms with E-state index in [-0.39, 0.29) is 5.41 Å². The predicted octanol–water partition coefficient (Wildman–Crippen LogP) is 3.00. The summed E-state index contributed by atoms with van der Waals surface area (Å²) < 4.78 is 11.1. The Morgan fingerprint density at radius 2 is 2.00 bits per heavy atom. The van der Waals surface area contributed by atoms with Crippen molar-refractivity contribution >= 4 is 5.69 Å². The Balaban J connectivity index is 1.94. The van der Waals surface area contributed by atoms with Gasteiger partial charge in [-0.05, 0) is 43.9 Å². The van der Waals surface area contributed by atoms with E-state index in [2.05, 4.69) is 10.1 Å². The largest absolute Gasteiger partial charge is 0.399 e. The SMILES string of the molecule is CCC(C)(OC)c1noc(C2(c3ccc(N)cc3)CC2)n1. The second kappa shape index (κ2) is 4.84. The number of aromatic nitrogens is 2. The average molecular weight is 287 g/mol. The van der Waals surface area contributed by atoms with Gasteiger partial charge in [0.05, 0.1) is 5.41 Å². The average Bonchev–Trinajstić information content (AvgIpc) is 3.16. The van der Waals surface area contributed by atoms with Gasteiger partial charge in [0.15, 0.2) is 0 Å². The first-order valence-corrected chi connectivity index (χ1v) is 7.30. The van der Waals surface area contributed by atoms with Gasteiger partial charge >= 0.3 is 0 Å². The maximum Gasteiger partial charge on any atom is 0.237 e. The van der Waals surface area contributed by atoms with E-state index >= 15 is 0 Å². The minimum absolute atomic E-state index is 0.138. The van der Waals surface area contributed by atoms with Gasteiger partial charge in [-0.25, -0.2) is 0 Å². The summed E-state index contributed by atoms with van der Waals surface area (Å²) in [5, 5.41) is 4.14. The van der Waals surface area contributed by atoms with Crippen molar-refractivity contribution in [1.29, 1.82) is 0 Å². The molecule has 2 aromatic rings. The number of hydrogen-bond donors (Lipinski definition) is 1. The number of nitrogens with two attached hydrogens (primary N) is 1. The summed E-state index contributed by atoms with van der Waals surface area (Å²) >= 11 is 0. The third-order valence-corrected chi connectivity index (χ3v) is 4.65. The third-order valence-electron chi connectivity index (χ3n) is 4.65. The van der Waals surface area contributed by atoms with Gasteiger partial charge in [-0.3, -0.25) is 0 Å². The standard InChI is InChI=1S/C16H21N3O2/c1-4-15(2,20-3)13-18-14(21-19-13)16(9-10-16)11-5-7-12(17)8-6-11/h5-8H,4,9-10,17H2,1-3H3. The smallest absolute Gasteiger partial charge is 0.237 e. The van der Waals surface area contributed by atoms with Crippen molar-refractivity contribution in [3.8, 4) is 0 Å². The van der Waals surface area contributed by atoms with Gasteiger partial charge in [-0.2, -0.15) is 4.98 Å². The number of hydrogen-bond acceptors (Lipinski definition) is 5. The van der Waals surface area contributed by atoms with Crippen molar-refractivity contribution in [1.82, 2.24) is 10.1 Å². The zero-order chi connectivity index (χ0) is 15.1. The van der Waals surface area contributed by atoms with Crippen LogP contribution in [0.2, 0.25) is 0 Å². The molecule has 0 saturated heterocycles. The van der Waals surface area contributed by atoms with Crippen molar-refractivity contribution in [2.24, 2.45) is 0 Å². The molecule has 5 nitrogen and oxygen atoms in total. The molecule has 2 N–H and O–H groups in total. The number of ether oxygens (including phenoxy) is 1. The van der Waals surface area contributed by atoms with Crippen LogP contribution in [0.5, 0.6) is 0 Å². The lowest BCUT2D eigenvalue weighted by atomic mass is 9.95. The van der Waals surface area contributed by atoms with Crippen molar-refractivity contribution in [2.75, 3.05) is 12.8 Å². The summed E-state index contributed by atoms with van der Waals surface area (Å²) in [6.07, 6.45) is 2.83. The highest BCUT2D eigenvalue weighted by Gasteiger charge is 2.51. The van der Waals surface area contributed by atoms with Crippen molar-refractivity contribution in [3.05, 3.63) is 41.5 Å². The van der Waals surface area contributed by atoms with Crippen LogP contribution in [0.15, 0.2) is 28.8 Å². The number of benzene rings is 1. The Labute approximate surface area is 124 Å². The van der Waals surface area contributed by atoms with Crippen LogP contribution in [0, 0.1) is 0 Å². The molecule has 1 aliphatic rings. The first-order chi connectivity index (χ1) is 10.0. The molecule has 1 fully saturated rings. The zero-order valence-electron chi connectivity index (χ0n) is 12.7. The van der Waals surface area contributed by atoms with Gasteiger partial charge in [-0.15, -0.1) is 0 Å². The lowest BCUT2D eigenvalue weighted by Gasteiger charge is -2.22. The summed E-state index contributed by atoms with van der Waals surface area (Å²) in [5.74, 6) is 1.29. The van der Waals surface area contributed by atoms with Crippen LogP contribution in [-0.2, 0) is 15.8 Å². The van der Waals surface area contributed by atoms with Crippen LogP contribution < -0.4 is 5.73 Å². The molecule has 0 spiro atoms. The molecule has 0 aliphatic heterocycles. The molecular formula is C16H21N3O2. The second-order valence-electron chi connectivity index (χ2n) is 5.92. The number of nitrogens with zero attached hydrogens (tertiary/aromatic N) is 2. The molecule has 1 unspecified atom stereocenters. The first-order valence-electron chi connectivity index (χ1n) is 7.30. The normalized spacial score (nSPS) is 19.2. The fourth-order valence-corrected chi connectivity index (χ4v) is 2.58. The predicted molar refractivity (Wildman–Crippen MR) is 79.8 cm³/mol. The Morgan fingerprint density at radius 3 is 2.52 bits per heavy atom. The Hall–Kier alpha value is -1.88. The topological polar surface area (TPSA) is 74.2 Å². The van der Waals surface area contributed by atoms with E-state index < -0.39 is 5.60 Å². The maximum absolute atomic E-state index is 5.76. The van der Waals surface area contributed by atoms with E-state index in [1.165, 1.54) is 5.56 Å². The van der Waals surface area contributed by atoms with Crippen LogP contribution in [0.1, 0.15) is 50.4 Å². The van der Waals surface area contributed by atoms with Crippen LogP contribution in [0.3, 0.4) is 0 Å². The molecular weight excluding hydrogens is 266 g/mol. The van der Waals surface area contributed by atoms with E-state index in [4.69, 9.17) is 15.0 Å². The van der Waals surface area contributed by atoms with Crippen molar-refractivity contribution in [3.63, 3.8) is 0 Å². The molecule has 5 heteroatoms. The van der Waals surface area contributed by atoms with Gasteiger partial charge in [0, 0.05) is 12.8 Å². The molecule has 1 aromatic carbocycles. The van der Waals surface area contributed by atoms with Crippen molar-refractivity contribution in [2.45, 2.75) is 44.1 Å². The molecule has 3 rings (SSSR count). The molecule has 1 atom stereocenters. The van der Waals surface area contributed by atoms with Gasteiger partial charge in [0.25, 0.3) is 0 Å². The Bertz CT molecular complexity index is 625. The minimum Gasteiger partial charge on any atom is -0.399 e. The second-order valence-corrected chi connectivity index (χ2v) is 5.92. The molecule has 1 saturated carbocycles. The molecule has 0 bridgehead atoms. The summed E-state index contributed by atoms with van der Waals surface area (Å²) in [6.45, 7) is 4.02. The highest BCUT2D eigenvalue weighted by Crippen LogP contribution is 2.53. The molecule has 1 aromatic heterocycles. The van der Waals surface area contributed by atoms with Gasteiger partial charge in [0.1, 0.15) is 5.60 Å².